The van der Waals surface area contributed by atoms with Crippen molar-refractivity contribution in [2.45, 2.75) is 18.6 Å². The largest absolute Gasteiger partial charge is 0.481 e. The number of pyridine rings is 1. The standard InChI is InChI=1S/C13H12N4O2S2/c1-8-2-3-14-12-11(8)16-13(21-6-10(18)19)17(12)4-9-5-20-7-15-9/h2-3,5,7H,4,6H2,1H3,(H,18,19). The summed E-state index contributed by atoms with van der Waals surface area (Å²) in [6.07, 6.45) is 1.74. The first kappa shape index (κ1) is 14.0. The van der Waals surface area contributed by atoms with E-state index < -0.39 is 5.97 Å². The Kier molecular flexibility index (Phi) is 3.89. The molecule has 3 heterocycles. The molecule has 1 N–H and O–H groups in total. The average Bonchev–Trinajstić information content (AvgIpc) is 3.07. The SMILES string of the molecule is Cc1ccnc2c1nc(SCC(=O)O)n2Cc1cscn1. The van der Waals surface area contributed by atoms with Gasteiger partial charge >= 0.3 is 5.97 Å². The van der Waals surface area contributed by atoms with E-state index in [0.29, 0.717) is 11.7 Å². The second-order valence-electron chi connectivity index (χ2n) is 4.44. The van der Waals surface area contributed by atoms with Gasteiger partial charge in [-0.15, -0.1) is 11.3 Å². The predicted molar refractivity (Wildman–Crippen MR) is 81.8 cm³/mol. The normalized spacial score (nSPS) is 11.1. The molecule has 0 amide bonds. The topological polar surface area (TPSA) is 80.9 Å². The van der Waals surface area contributed by atoms with Gasteiger partial charge in [-0.25, -0.2) is 15.0 Å². The second-order valence-corrected chi connectivity index (χ2v) is 6.10. The third-order valence-electron chi connectivity index (χ3n) is 2.93. The molecule has 0 saturated carbocycles. The molecule has 8 heteroatoms. The summed E-state index contributed by atoms with van der Waals surface area (Å²) in [5.41, 5.74) is 5.28. The van der Waals surface area contributed by atoms with Crippen LogP contribution < -0.4 is 0 Å². The molecule has 21 heavy (non-hydrogen) atoms. The molecule has 0 bridgehead atoms. The number of imidazole rings is 1. The number of carbonyl (C=O) groups is 1. The number of thiazole rings is 1. The molecule has 0 aromatic carbocycles. The lowest BCUT2D eigenvalue weighted by molar-refractivity contribution is -0.133. The van der Waals surface area contributed by atoms with Crippen molar-refractivity contribution in [1.82, 2.24) is 19.5 Å². The quantitative estimate of drug-likeness (QED) is 0.727. The zero-order valence-electron chi connectivity index (χ0n) is 11.2. The Labute approximate surface area is 128 Å². The average molecular weight is 320 g/mol. The zero-order chi connectivity index (χ0) is 14.8. The highest BCUT2D eigenvalue weighted by Crippen LogP contribution is 2.25. The Morgan fingerprint density at radius 3 is 3.05 bits per heavy atom. The number of fused-ring (bicyclic) bond motifs is 1. The molecule has 3 aromatic heterocycles. The molecule has 0 aliphatic rings. The Hall–Kier alpha value is -1.93. The molecule has 0 radical (unpaired) electrons. The molecule has 0 spiro atoms. The Balaban J connectivity index is 2.06. The van der Waals surface area contributed by atoms with Crippen LogP contribution in [0.4, 0.5) is 0 Å². The summed E-state index contributed by atoms with van der Waals surface area (Å²) < 4.78 is 1.92. The summed E-state index contributed by atoms with van der Waals surface area (Å²) in [6.45, 7) is 2.51. The number of thioether (sulfide) groups is 1. The van der Waals surface area contributed by atoms with Crippen LogP contribution in [0.2, 0.25) is 0 Å². The highest BCUT2D eigenvalue weighted by atomic mass is 32.2. The maximum Gasteiger partial charge on any atom is 0.313 e. The molecule has 3 rings (SSSR count). The van der Waals surface area contributed by atoms with Crippen LogP contribution in [-0.4, -0.2) is 36.3 Å². The number of nitrogens with zero attached hydrogens (tertiary/aromatic N) is 4. The van der Waals surface area contributed by atoms with Gasteiger partial charge in [0.2, 0.25) is 0 Å². The molecule has 0 saturated heterocycles. The lowest BCUT2D eigenvalue weighted by Crippen LogP contribution is -2.05. The Morgan fingerprint density at radius 1 is 1.48 bits per heavy atom. The zero-order valence-corrected chi connectivity index (χ0v) is 12.8. The summed E-state index contributed by atoms with van der Waals surface area (Å²) in [5, 5.41) is 11.5. The molecular weight excluding hydrogens is 308 g/mol. The van der Waals surface area contributed by atoms with Gasteiger partial charge in [-0.05, 0) is 18.6 Å². The molecule has 6 nitrogen and oxygen atoms in total. The van der Waals surface area contributed by atoms with E-state index in [1.54, 1.807) is 11.7 Å². The van der Waals surface area contributed by atoms with Crippen LogP contribution >= 0.6 is 23.1 Å². The van der Waals surface area contributed by atoms with Gasteiger partial charge in [0.25, 0.3) is 0 Å². The molecule has 0 aliphatic heterocycles. The van der Waals surface area contributed by atoms with Crippen LogP contribution in [0.5, 0.6) is 0 Å². The van der Waals surface area contributed by atoms with E-state index in [4.69, 9.17) is 5.11 Å². The maximum atomic E-state index is 10.8. The molecule has 108 valence electrons. The fourth-order valence-corrected chi connectivity index (χ4v) is 3.24. The van der Waals surface area contributed by atoms with Gasteiger partial charge in [0.1, 0.15) is 5.52 Å². The van der Waals surface area contributed by atoms with E-state index in [-0.39, 0.29) is 5.75 Å². The lowest BCUT2D eigenvalue weighted by Gasteiger charge is -2.05. The van der Waals surface area contributed by atoms with Crippen molar-refractivity contribution in [3.63, 3.8) is 0 Å². The van der Waals surface area contributed by atoms with E-state index in [0.717, 1.165) is 22.4 Å². The Morgan fingerprint density at radius 2 is 2.33 bits per heavy atom. The van der Waals surface area contributed by atoms with Crippen molar-refractivity contribution in [3.05, 3.63) is 34.4 Å². The fourth-order valence-electron chi connectivity index (χ4n) is 1.98. The van der Waals surface area contributed by atoms with Gasteiger partial charge < -0.3 is 5.11 Å². The number of rotatable bonds is 5. The van der Waals surface area contributed by atoms with Crippen LogP contribution in [0, 0.1) is 6.92 Å². The minimum atomic E-state index is -0.864. The first-order valence-electron chi connectivity index (χ1n) is 6.18. The van der Waals surface area contributed by atoms with Gasteiger partial charge in [-0.1, -0.05) is 11.8 Å². The highest BCUT2D eigenvalue weighted by Gasteiger charge is 2.15. The summed E-state index contributed by atoms with van der Waals surface area (Å²) >= 11 is 2.73. The summed E-state index contributed by atoms with van der Waals surface area (Å²) in [7, 11) is 0. The summed E-state index contributed by atoms with van der Waals surface area (Å²) in [6, 6.07) is 1.90. The van der Waals surface area contributed by atoms with E-state index in [1.165, 1.54) is 23.1 Å². The Bertz CT molecular complexity index is 783. The van der Waals surface area contributed by atoms with E-state index in [2.05, 4.69) is 15.0 Å². The third kappa shape index (κ3) is 2.91. The maximum absolute atomic E-state index is 10.8. The fraction of sp³-hybridized carbons (Fsp3) is 0.231. The summed E-state index contributed by atoms with van der Waals surface area (Å²) in [4.78, 5) is 24.0. The van der Waals surface area contributed by atoms with Crippen molar-refractivity contribution >= 4 is 40.2 Å². The molecule has 3 aromatic rings. The van der Waals surface area contributed by atoms with Crippen molar-refractivity contribution in [1.29, 1.82) is 0 Å². The summed E-state index contributed by atoms with van der Waals surface area (Å²) in [5.74, 6) is -0.892. The first-order chi connectivity index (χ1) is 10.1. The minimum Gasteiger partial charge on any atom is -0.481 e. The van der Waals surface area contributed by atoms with E-state index >= 15 is 0 Å². The highest BCUT2D eigenvalue weighted by molar-refractivity contribution is 7.99. The number of aromatic nitrogens is 4. The van der Waals surface area contributed by atoms with Gasteiger partial charge in [0.05, 0.1) is 23.5 Å². The van der Waals surface area contributed by atoms with Crippen molar-refractivity contribution < 1.29 is 9.90 Å². The van der Waals surface area contributed by atoms with E-state index in [1.807, 2.05) is 22.9 Å². The second kappa shape index (κ2) is 5.82. The van der Waals surface area contributed by atoms with Crippen LogP contribution in [0.25, 0.3) is 11.2 Å². The number of aliphatic carboxylic acids is 1. The third-order valence-corrected chi connectivity index (χ3v) is 4.53. The minimum absolute atomic E-state index is 0.0283. The van der Waals surface area contributed by atoms with Crippen molar-refractivity contribution in [3.8, 4) is 0 Å². The monoisotopic (exact) mass is 320 g/mol. The lowest BCUT2D eigenvalue weighted by atomic mass is 10.3. The number of aryl methyl sites for hydroxylation is 1. The van der Waals surface area contributed by atoms with E-state index in [9.17, 15) is 4.79 Å². The predicted octanol–water partition coefficient (Wildman–Crippen LogP) is 2.42. The van der Waals surface area contributed by atoms with Gasteiger partial charge in [0.15, 0.2) is 10.8 Å². The first-order valence-corrected chi connectivity index (χ1v) is 8.11. The van der Waals surface area contributed by atoms with Gasteiger partial charge in [-0.3, -0.25) is 9.36 Å². The van der Waals surface area contributed by atoms with Crippen LogP contribution in [0.1, 0.15) is 11.3 Å². The number of hydrogen-bond acceptors (Lipinski definition) is 6. The van der Waals surface area contributed by atoms with Crippen LogP contribution in [0.15, 0.2) is 28.3 Å². The number of carboxylic acids is 1. The van der Waals surface area contributed by atoms with Crippen molar-refractivity contribution in [2.24, 2.45) is 0 Å². The molecule has 0 atom stereocenters. The van der Waals surface area contributed by atoms with Gasteiger partial charge in [0, 0.05) is 11.6 Å². The van der Waals surface area contributed by atoms with Crippen molar-refractivity contribution in [2.75, 3.05) is 5.75 Å². The molecule has 0 fully saturated rings. The number of carboxylic acid groups (broad SMARTS) is 1. The molecular formula is C13H12N4O2S2. The van der Waals surface area contributed by atoms with Crippen LogP contribution in [0.3, 0.4) is 0 Å². The smallest absolute Gasteiger partial charge is 0.313 e. The number of hydrogen-bond donors (Lipinski definition) is 1. The van der Waals surface area contributed by atoms with Gasteiger partial charge in [-0.2, -0.15) is 0 Å². The molecule has 0 unspecified atom stereocenters. The molecule has 0 aliphatic carbocycles. The van der Waals surface area contributed by atoms with Crippen LogP contribution in [-0.2, 0) is 11.3 Å².